The van der Waals surface area contributed by atoms with Crippen LogP contribution in [-0.2, 0) is 19.6 Å². The third-order valence-corrected chi connectivity index (χ3v) is 10.1. The van der Waals surface area contributed by atoms with Crippen LogP contribution in [0.2, 0.25) is 0 Å². The second kappa shape index (κ2) is 11.9. The lowest BCUT2D eigenvalue weighted by Gasteiger charge is -2.43. The van der Waals surface area contributed by atoms with Crippen LogP contribution in [0.4, 0.5) is 4.79 Å². The molecule has 0 bridgehead atoms. The number of carbonyl (C=O) groups excluding carboxylic acids is 2. The number of fused-ring (bicyclic) bond motifs is 3. The second-order valence-corrected chi connectivity index (χ2v) is 14.5. The van der Waals surface area contributed by atoms with E-state index in [0.29, 0.717) is 56.5 Å². The summed E-state index contributed by atoms with van der Waals surface area (Å²) >= 11 is 0. The van der Waals surface area contributed by atoms with Gasteiger partial charge in [-0.3, -0.25) is 4.79 Å². The SMILES string of the molecule is CC(C)(C)OC(=O)N1CCN(C(=O)[C@H]2CC[C@H](NS(=O)(=O)c3ccc4oc5ccccc5c4c3)CC2)[C@@H](c2ccccc2)C1. The highest BCUT2D eigenvalue weighted by Gasteiger charge is 2.39. The van der Waals surface area contributed by atoms with E-state index in [9.17, 15) is 18.0 Å². The van der Waals surface area contributed by atoms with Gasteiger partial charge in [-0.2, -0.15) is 0 Å². The Kier molecular flexibility index (Phi) is 8.15. The zero-order chi connectivity index (χ0) is 31.1. The average molecular weight is 618 g/mol. The quantitative estimate of drug-likeness (QED) is 0.284. The first-order chi connectivity index (χ1) is 21.0. The van der Waals surface area contributed by atoms with Gasteiger partial charge in [-0.05, 0) is 76.3 Å². The maximum absolute atomic E-state index is 13.9. The van der Waals surface area contributed by atoms with E-state index in [1.54, 1.807) is 23.1 Å². The number of nitrogens with zero attached hydrogens (tertiary/aromatic N) is 2. The van der Waals surface area contributed by atoms with Crippen LogP contribution in [0.3, 0.4) is 0 Å². The number of para-hydroxylation sites is 1. The van der Waals surface area contributed by atoms with Crippen molar-refractivity contribution >= 4 is 44.0 Å². The molecule has 0 unspecified atom stereocenters. The first-order valence-electron chi connectivity index (χ1n) is 15.3. The third-order valence-electron chi connectivity index (χ3n) is 8.56. The van der Waals surface area contributed by atoms with Crippen molar-refractivity contribution in [3.63, 3.8) is 0 Å². The summed E-state index contributed by atoms with van der Waals surface area (Å²) in [6.07, 6.45) is 1.94. The van der Waals surface area contributed by atoms with E-state index in [2.05, 4.69) is 4.72 Å². The molecule has 1 saturated heterocycles. The molecular weight excluding hydrogens is 578 g/mol. The van der Waals surface area contributed by atoms with Gasteiger partial charge in [0.1, 0.15) is 16.8 Å². The molecule has 44 heavy (non-hydrogen) atoms. The molecule has 232 valence electrons. The van der Waals surface area contributed by atoms with Gasteiger partial charge < -0.3 is 19.0 Å². The van der Waals surface area contributed by atoms with Crippen LogP contribution in [-0.4, -0.2) is 61.5 Å². The zero-order valence-corrected chi connectivity index (χ0v) is 26.2. The largest absolute Gasteiger partial charge is 0.456 e. The van der Waals surface area contributed by atoms with Crippen molar-refractivity contribution in [3.05, 3.63) is 78.4 Å². The van der Waals surface area contributed by atoms with Gasteiger partial charge in [0.15, 0.2) is 0 Å². The summed E-state index contributed by atoms with van der Waals surface area (Å²) in [6.45, 7) is 6.70. The molecule has 1 aromatic heterocycles. The monoisotopic (exact) mass is 617 g/mol. The number of sulfonamides is 1. The molecule has 4 aromatic rings. The molecule has 2 heterocycles. The number of benzene rings is 3. The minimum Gasteiger partial charge on any atom is -0.456 e. The summed E-state index contributed by atoms with van der Waals surface area (Å²) in [5.74, 6) is -0.148. The molecule has 1 atom stereocenters. The van der Waals surface area contributed by atoms with Crippen molar-refractivity contribution in [2.45, 2.75) is 69.0 Å². The Morgan fingerprint density at radius 2 is 1.55 bits per heavy atom. The van der Waals surface area contributed by atoms with Crippen LogP contribution in [0, 0.1) is 5.92 Å². The highest BCUT2D eigenvalue weighted by Crippen LogP contribution is 2.34. The molecular formula is C34H39N3O6S. The highest BCUT2D eigenvalue weighted by molar-refractivity contribution is 7.89. The van der Waals surface area contributed by atoms with Crippen molar-refractivity contribution in [2.24, 2.45) is 5.92 Å². The fraction of sp³-hybridized carbons (Fsp3) is 0.412. The molecule has 0 radical (unpaired) electrons. The molecule has 2 fully saturated rings. The summed E-state index contributed by atoms with van der Waals surface area (Å²) in [6, 6.07) is 21.8. The van der Waals surface area contributed by atoms with Crippen molar-refractivity contribution in [1.82, 2.24) is 14.5 Å². The normalized spacial score (nSPS) is 21.5. The van der Waals surface area contributed by atoms with E-state index in [1.807, 2.05) is 80.3 Å². The molecule has 1 saturated carbocycles. The summed E-state index contributed by atoms with van der Waals surface area (Å²) < 4.78 is 41.1. The van der Waals surface area contributed by atoms with Crippen LogP contribution >= 0.6 is 0 Å². The minimum atomic E-state index is -3.76. The second-order valence-electron chi connectivity index (χ2n) is 12.8. The molecule has 3 aromatic carbocycles. The number of rotatable bonds is 5. The number of carbonyl (C=O) groups is 2. The van der Waals surface area contributed by atoms with E-state index in [-0.39, 0.29) is 34.9 Å². The smallest absolute Gasteiger partial charge is 0.410 e. The van der Waals surface area contributed by atoms with Gasteiger partial charge in [-0.1, -0.05) is 48.5 Å². The molecule has 10 heteroatoms. The molecule has 2 amide bonds. The summed E-state index contributed by atoms with van der Waals surface area (Å²) in [5, 5.41) is 1.64. The molecule has 1 aliphatic carbocycles. The summed E-state index contributed by atoms with van der Waals surface area (Å²) in [7, 11) is -3.76. The Morgan fingerprint density at radius 3 is 2.27 bits per heavy atom. The number of ether oxygens (including phenoxy) is 1. The molecule has 1 aliphatic heterocycles. The van der Waals surface area contributed by atoms with E-state index < -0.39 is 15.6 Å². The van der Waals surface area contributed by atoms with Crippen molar-refractivity contribution in [2.75, 3.05) is 19.6 Å². The number of furan rings is 1. The van der Waals surface area contributed by atoms with Gasteiger partial charge in [0.05, 0.1) is 10.9 Å². The van der Waals surface area contributed by atoms with Crippen LogP contribution in [0.1, 0.15) is 58.1 Å². The standard InChI is InChI=1S/C34H39N3O6S/c1-34(2,3)43-33(39)36-19-20-37(29(22-36)23-9-5-4-6-10-23)32(38)24-13-15-25(16-14-24)35-44(40,41)26-17-18-31-28(21-26)27-11-7-8-12-30(27)42-31/h4-12,17-18,21,24-25,29,35H,13-16,19-20,22H2,1-3H3/t24-,25-,29-/m1/s1. The summed E-state index contributed by atoms with van der Waals surface area (Å²) in [5.41, 5.74) is 1.73. The Bertz CT molecular complexity index is 1770. The van der Waals surface area contributed by atoms with Gasteiger partial charge in [0, 0.05) is 42.4 Å². The lowest BCUT2D eigenvalue weighted by atomic mass is 9.85. The van der Waals surface area contributed by atoms with Gasteiger partial charge in [0.2, 0.25) is 15.9 Å². The van der Waals surface area contributed by atoms with Crippen LogP contribution in [0.5, 0.6) is 0 Å². The van der Waals surface area contributed by atoms with Crippen LogP contribution in [0.25, 0.3) is 21.9 Å². The topological polar surface area (TPSA) is 109 Å². The Labute approximate surface area is 258 Å². The maximum Gasteiger partial charge on any atom is 0.410 e. The first-order valence-corrected chi connectivity index (χ1v) is 16.7. The lowest BCUT2D eigenvalue weighted by Crippen LogP contribution is -2.54. The predicted molar refractivity (Wildman–Crippen MR) is 168 cm³/mol. The van der Waals surface area contributed by atoms with E-state index in [0.717, 1.165) is 16.3 Å². The Morgan fingerprint density at radius 1 is 0.864 bits per heavy atom. The molecule has 9 nitrogen and oxygen atoms in total. The summed E-state index contributed by atoms with van der Waals surface area (Å²) in [4.78, 5) is 30.6. The van der Waals surface area contributed by atoms with E-state index in [4.69, 9.17) is 9.15 Å². The zero-order valence-electron chi connectivity index (χ0n) is 25.4. The van der Waals surface area contributed by atoms with Crippen molar-refractivity contribution in [1.29, 1.82) is 0 Å². The van der Waals surface area contributed by atoms with Gasteiger partial charge >= 0.3 is 6.09 Å². The predicted octanol–water partition coefficient (Wildman–Crippen LogP) is 6.24. The van der Waals surface area contributed by atoms with Gasteiger partial charge in [-0.15, -0.1) is 0 Å². The van der Waals surface area contributed by atoms with Gasteiger partial charge in [0.25, 0.3) is 0 Å². The number of hydrogen-bond donors (Lipinski definition) is 1. The van der Waals surface area contributed by atoms with E-state index in [1.165, 1.54) is 0 Å². The Hall–Kier alpha value is -3.89. The number of amides is 2. The molecule has 6 rings (SSSR count). The number of nitrogens with one attached hydrogen (secondary N) is 1. The van der Waals surface area contributed by atoms with Crippen molar-refractivity contribution in [3.8, 4) is 0 Å². The third kappa shape index (κ3) is 6.32. The Balaban J connectivity index is 1.11. The highest BCUT2D eigenvalue weighted by atomic mass is 32.2. The van der Waals surface area contributed by atoms with Gasteiger partial charge in [-0.25, -0.2) is 17.9 Å². The lowest BCUT2D eigenvalue weighted by molar-refractivity contribution is -0.142. The average Bonchev–Trinajstić information content (AvgIpc) is 3.38. The maximum atomic E-state index is 13.9. The number of piperazine rings is 1. The van der Waals surface area contributed by atoms with E-state index >= 15 is 0 Å². The fourth-order valence-corrected chi connectivity index (χ4v) is 7.68. The fourth-order valence-electron chi connectivity index (χ4n) is 6.35. The molecule has 0 spiro atoms. The van der Waals surface area contributed by atoms with Crippen LogP contribution in [0.15, 0.2) is 82.1 Å². The van der Waals surface area contributed by atoms with Crippen molar-refractivity contribution < 1.29 is 27.2 Å². The number of hydrogen-bond acceptors (Lipinski definition) is 6. The molecule has 1 N–H and O–H groups in total. The van der Waals surface area contributed by atoms with Crippen LogP contribution < -0.4 is 4.72 Å². The first kappa shape index (κ1) is 30.1. The minimum absolute atomic E-state index is 0.0567. The molecule has 2 aliphatic rings.